The van der Waals surface area contributed by atoms with Crippen LogP contribution < -0.4 is 0 Å². The van der Waals surface area contributed by atoms with Gasteiger partial charge in [-0.25, -0.2) is 5.06 Å². The topological polar surface area (TPSA) is 29.5 Å². The second-order valence-corrected chi connectivity index (χ2v) is 2.40. The first-order valence-corrected chi connectivity index (χ1v) is 3.73. The van der Waals surface area contributed by atoms with Gasteiger partial charge in [0.1, 0.15) is 0 Å². The minimum atomic E-state index is -0.126. The summed E-state index contributed by atoms with van der Waals surface area (Å²) in [6.07, 6.45) is 4.25. The molecule has 12 heavy (non-hydrogen) atoms. The van der Waals surface area contributed by atoms with Gasteiger partial charge in [0, 0.05) is 12.6 Å². The molecule has 3 heteroatoms. The Morgan fingerprint density at radius 1 is 1.67 bits per heavy atom. The Bertz CT molecular complexity index is 197. The number of carbonyl (C=O) groups excluding carboxylic acids is 1. The molecule has 0 unspecified atom stereocenters. The van der Waals surface area contributed by atoms with Crippen molar-refractivity contribution in [1.82, 2.24) is 5.06 Å². The van der Waals surface area contributed by atoms with E-state index in [1.54, 1.807) is 20.0 Å². The number of allylic oxidation sites excluding steroid dienone is 2. The quantitative estimate of drug-likeness (QED) is 0.363. The molecule has 0 aliphatic rings. The van der Waals surface area contributed by atoms with Crippen LogP contribution in [-0.4, -0.2) is 25.1 Å². The number of amides is 1. The Morgan fingerprint density at radius 3 is 2.67 bits per heavy atom. The van der Waals surface area contributed by atoms with Crippen LogP contribution >= 0.6 is 0 Å². The second-order valence-electron chi connectivity index (χ2n) is 2.40. The molecule has 0 aromatic carbocycles. The van der Waals surface area contributed by atoms with Gasteiger partial charge < -0.3 is 0 Å². The van der Waals surface area contributed by atoms with Gasteiger partial charge in [0.2, 0.25) is 0 Å². The number of hydrogen-bond donors (Lipinski definition) is 0. The smallest absolute Gasteiger partial charge is 0.272 e. The summed E-state index contributed by atoms with van der Waals surface area (Å²) in [6, 6.07) is 0. The molecule has 0 N–H and O–H groups in total. The Morgan fingerprint density at radius 2 is 2.25 bits per heavy atom. The summed E-state index contributed by atoms with van der Waals surface area (Å²) in [4.78, 5) is 16.0. The highest BCUT2D eigenvalue weighted by Gasteiger charge is 2.08. The van der Waals surface area contributed by atoms with Crippen LogP contribution in [0.15, 0.2) is 24.3 Å². The zero-order chi connectivity index (χ0) is 9.56. The van der Waals surface area contributed by atoms with Crippen LogP contribution in [0.2, 0.25) is 0 Å². The van der Waals surface area contributed by atoms with E-state index in [0.717, 1.165) is 0 Å². The largest absolute Gasteiger partial charge is 0.274 e. The molecule has 0 heterocycles. The molecule has 0 saturated carbocycles. The molecule has 0 aliphatic heterocycles. The lowest BCUT2D eigenvalue weighted by Gasteiger charge is -2.13. The Labute approximate surface area is 73.3 Å². The second kappa shape index (κ2) is 5.55. The molecule has 0 atom stereocenters. The van der Waals surface area contributed by atoms with Crippen molar-refractivity contribution in [3.8, 4) is 0 Å². The van der Waals surface area contributed by atoms with Crippen molar-refractivity contribution in [2.24, 2.45) is 0 Å². The van der Waals surface area contributed by atoms with Crippen molar-refractivity contribution in [1.29, 1.82) is 0 Å². The molecule has 3 nitrogen and oxygen atoms in total. The number of rotatable bonds is 4. The van der Waals surface area contributed by atoms with Crippen LogP contribution in [0, 0.1) is 0 Å². The van der Waals surface area contributed by atoms with E-state index < -0.39 is 0 Å². The van der Waals surface area contributed by atoms with E-state index in [4.69, 9.17) is 4.84 Å². The van der Waals surface area contributed by atoms with Crippen molar-refractivity contribution < 1.29 is 9.63 Å². The maximum atomic E-state index is 11.3. The Hall–Kier alpha value is -1.09. The van der Waals surface area contributed by atoms with E-state index in [1.807, 2.05) is 6.08 Å². The van der Waals surface area contributed by atoms with Crippen molar-refractivity contribution in [3.63, 3.8) is 0 Å². The zero-order valence-electron chi connectivity index (χ0n) is 7.83. The summed E-state index contributed by atoms with van der Waals surface area (Å²) < 4.78 is 0. The fraction of sp³-hybridized carbons (Fsp3) is 0.444. The molecule has 0 spiro atoms. The number of nitrogens with zero attached hydrogens (tertiary/aromatic N) is 1. The minimum absolute atomic E-state index is 0.126. The Kier molecular flexibility index (Phi) is 5.04. The molecule has 68 valence electrons. The number of likely N-dealkylation sites (N-methyl/N-ethyl adjacent to an activating group) is 1. The van der Waals surface area contributed by atoms with Crippen molar-refractivity contribution in [2.75, 3.05) is 14.2 Å². The van der Waals surface area contributed by atoms with Gasteiger partial charge in [-0.2, -0.15) is 0 Å². The van der Waals surface area contributed by atoms with E-state index in [2.05, 4.69) is 6.58 Å². The molecule has 0 bridgehead atoms. The van der Waals surface area contributed by atoms with E-state index in [-0.39, 0.29) is 5.91 Å². The molecule has 0 saturated heterocycles. The standard InChI is InChI=1S/C9H15NO2/c1-5-6-7-8(2)9(11)10(3)12-4/h5,7H,1,6H2,2-4H3/b8-7-. The molecule has 0 aromatic heterocycles. The van der Waals surface area contributed by atoms with Crippen LogP contribution in [0.25, 0.3) is 0 Å². The normalized spacial score (nSPS) is 11.1. The third-order valence-corrected chi connectivity index (χ3v) is 1.49. The van der Waals surface area contributed by atoms with Gasteiger partial charge in [0.15, 0.2) is 0 Å². The summed E-state index contributed by atoms with van der Waals surface area (Å²) in [7, 11) is 3.03. The van der Waals surface area contributed by atoms with Crippen molar-refractivity contribution in [2.45, 2.75) is 13.3 Å². The van der Waals surface area contributed by atoms with Crippen LogP contribution in [0.1, 0.15) is 13.3 Å². The molecular weight excluding hydrogens is 154 g/mol. The molecular formula is C9H15NO2. The predicted molar refractivity (Wildman–Crippen MR) is 48.4 cm³/mol. The van der Waals surface area contributed by atoms with Crippen LogP contribution in [0.4, 0.5) is 0 Å². The van der Waals surface area contributed by atoms with E-state index in [1.165, 1.54) is 12.2 Å². The van der Waals surface area contributed by atoms with Crippen molar-refractivity contribution >= 4 is 5.91 Å². The first-order valence-electron chi connectivity index (χ1n) is 3.73. The summed E-state index contributed by atoms with van der Waals surface area (Å²) in [5, 5.41) is 1.19. The predicted octanol–water partition coefficient (Wildman–Crippen LogP) is 1.53. The maximum Gasteiger partial charge on any atom is 0.272 e. The van der Waals surface area contributed by atoms with E-state index in [0.29, 0.717) is 12.0 Å². The number of hydrogen-bond acceptors (Lipinski definition) is 2. The molecule has 0 rings (SSSR count). The fourth-order valence-electron chi connectivity index (χ4n) is 0.679. The summed E-state index contributed by atoms with van der Waals surface area (Å²) in [5.41, 5.74) is 0.666. The Balaban J connectivity index is 4.17. The first kappa shape index (κ1) is 10.9. The molecule has 0 fully saturated rings. The third-order valence-electron chi connectivity index (χ3n) is 1.49. The minimum Gasteiger partial charge on any atom is -0.274 e. The SMILES string of the molecule is C=CC/C=C(/C)C(=O)N(C)OC. The lowest BCUT2D eigenvalue weighted by atomic mass is 10.2. The van der Waals surface area contributed by atoms with Gasteiger partial charge in [0.05, 0.1) is 7.11 Å². The van der Waals surface area contributed by atoms with Crippen LogP contribution in [0.5, 0.6) is 0 Å². The molecule has 0 aliphatic carbocycles. The van der Waals surface area contributed by atoms with Gasteiger partial charge in [-0.15, -0.1) is 6.58 Å². The third kappa shape index (κ3) is 3.34. The summed E-state index contributed by atoms with van der Waals surface area (Å²) >= 11 is 0. The zero-order valence-corrected chi connectivity index (χ0v) is 7.83. The van der Waals surface area contributed by atoms with E-state index in [9.17, 15) is 4.79 Å². The molecule has 1 amide bonds. The van der Waals surface area contributed by atoms with Gasteiger partial charge in [0.25, 0.3) is 5.91 Å². The highest BCUT2D eigenvalue weighted by molar-refractivity contribution is 5.91. The molecule has 0 aromatic rings. The first-order chi connectivity index (χ1) is 5.63. The van der Waals surface area contributed by atoms with Gasteiger partial charge >= 0.3 is 0 Å². The maximum absolute atomic E-state index is 11.3. The lowest BCUT2D eigenvalue weighted by molar-refractivity contribution is -0.163. The van der Waals surface area contributed by atoms with Gasteiger partial charge in [-0.1, -0.05) is 12.2 Å². The highest BCUT2D eigenvalue weighted by atomic mass is 16.7. The monoisotopic (exact) mass is 169 g/mol. The fourth-order valence-corrected chi connectivity index (χ4v) is 0.679. The average Bonchev–Trinajstić information content (AvgIpc) is 2.11. The van der Waals surface area contributed by atoms with E-state index >= 15 is 0 Å². The van der Waals surface area contributed by atoms with Gasteiger partial charge in [-0.3, -0.25) is 9.63 Å². The number of hydroxylamine groups is 2. The number of carbonyl (C=O) groups is 1. The van der Waals surface area contributed by atoms with Crippen LogP contribution in [0.3, 0.4) is 0 Å². The average molecular weight is 169 g/mol. The summed E-state index contributed by atoms with van der Waals surface area (Å²) in [5.74, 6) is -0.126. The van der Waals surface area contributed by atoms with Crippen molar-refractivity contribution in [3.05, 3.63) is 24.3 Å². The lowest BCUT2D eigenvalue weighted by Crippen LogP contribution is -2.25. The van der Waals surface area contributed by atoms with Gasteiger partial charge in [-0.05, 0) is 13.3 Å². The van der Waals surface area contributed by atoms with Crippen LogP contribution in [-0.2, 0) is 9.63 Å². The highest BCUT2D eigenvalue weighted by Crippen LogP contribution is 2.00. The molecule has 0 radical (unpaired) electrons. The summed E-state index contributed by atoms with van der Waals surface area (Å²) in [6.45, 7) is 5.31.